The molecule has 4 nitrogen and oxygen atoms in total. The van der Waals surface area contributed by atoms with E-state index < -0.39 is 0 Å². The van der Waals surface area contributed by atoms with E-state index in [9.17, 15) is 0 Å². The first-order chi connectivity index (χ1) is 12.7. The Bertz CT molecular complexity index is 785. The minimum atomic E-state index is 0.211. The molecular weight excluding hydrogens is 364 g/mol. The maximum absolute atomic E-state index is 6.05. The first-order valence-electron chi connectivity index (χ1n) is 8.94. The molecule has 1 atom stereocenters. The van der Waals surface area contributed by atoms with Crippen molar-refractivity contribution in [1.29, 1.82) is 0 Å². The Kier molecular flexibility index (Phi) is 5.38. The minimum Gasteiger partial charge on any atom is -0.369 e. The van der Waals surface area contributed by atoms with Crippen molar-refractivity contribution < 1.29 is 0 Å². The van der Waals surface area contributed by atoms with Gasteiger partial charge in [-0.25, -0.2) is 0 Å². The molecule has 2 heterocycles. The summed E-state index contributed by atoms with van der Waals surface area (Å²) in [4.78, 5) is 9.68. The van der Waals surface area contributed by atoms with Crippen molar-refractivity contribution in [3.8, 4) is 0 Å². The third-order valence-corrected chi connectivity index (χ3v) is 6.07. The van der Waals surface area contributed by atoms with E-state index in [0.29, 0.717) is 0 Å². The first-order valence-corrected chi connectivity index (χ1v) is 10.3. The van der Waals surface area contributed by atoms with Crippen molar-refractivity contribution in [3.63, 3.8) is 0 Å². The second-order valence-electron chi connectivity index (χ2n) is 6.78. The molecule has 0 bridgehead atoms. The van der Waals surface area contributed by atoms with E-state index in [1.807, 2.05) is 24.3 Å². The zero-order valence-corrected chi connectivity index (χ0v) is 16.4. The lowest BCUT2D eigenvalue weighted by Gasteiger charge is -2.34. The lowest BCUT2D eigenvalue weighted by atomic mass is 10.1. The Morgan fingerprint density at radius 1 is 1.08 bits per heavy atom. The van der Waals surface area contributed by atoms with Gasteiger partial charge in [0.05, 0.1) is 6.04 Å². The molecule has 0 saturated carbocycles. The van der Waals surface area contributed by atoms with Gasteiger partial charge in [-0.15, -0.1) is 0 Å². The maximum atomic E-state index is 6.05. The molecule has 0 radical (unpaired) electrons. The number of thioether (sulfide) groups is 1. The fourth-order valence-electron chi connectivity index (χ4n) is 3.27. The summed E-state index contributed by atoms with van der Waals surface area (Å²) < 4.78 is 0. The smallest absolute Gasteiger partial charge is 0.161 e. The van der Waals surface area contributed by atoms with Gasteiger partial charge < -0.3 is 15.1 Å². The molecule has 1 N–H and O–H groups in total. The van der Waals surface area contributed by atoms with Crippen LogP contribution >= 0.6 is 23.4 Å². The third kappa shape index (κ3) is 4.17. The lowest BCUT2D eigenvalue weighted by Crippen LogP contribution is -2.44. The van der Waals surface area contributed by atoms with Crippen molar-refractivity contribution in [1.82, 2.24) is 4.90 Å². The summed E-state index contributed by atoms with van der Waals surface area (Å²) in [6.45, 7) is 4.45. The first kappa shape index (κ1) is 17.7. The molecule has 0 amide bonds. The normalized spacial score (nSPS) is 20.9. The number of halogens is 1. The standard InChI is InChI=1S/C20H23ClN4S/c1-24-9-11-25(12-10-24)18-7-5-15(6-8-18)19-14-26-20(23-19)22-17-4-2-3-16(21)13-17/h2-8,13,19H,9-12,14H2,1H3,(H,22,23). The fourth-order valence-corrected chi connectivity index (χ4v) is 4.44. The summed E-state index contributed by atoms with van der Waals surface area (Å²) in [6.07, 6.45) is 0. The second-order valence-corrected chi connectivity index (χ2v) is 8.22. The lowest BCUT2D eigenvalue weighted by molar-refractivity contribution is 0.313. The number of likely N-dealkylation sites (N-methyl/N-ethyl adjacent to an activating group) is 1. The summed E-state index contributed by atoms with van der Waals surface area (Å²) >= 11 is 7.81. The molecule has 2 aromatic rings. The SMILES string of the molecule is CN1CCN(c2ccc(C3CSC(Nc4cccc(Cl)c4)=N3)cc2)CC1. The summed E-state index contributed by atoms with van der Waals surface area (Å²) in [5.41, 5.74) is 3.57. The van der Waals surface area contributed by atoms with Crippen molar-refractivity contribution in [3.05, 3.63) is 59.1 Å². The number of nitrogens with zero attached hydrogens (tertiary/aromatic N) is 3. The molecule has 1 fully saturated rings. The molecule has 2 aromatic carbocycles. The van der Waals surface area contributed by atoms with Gasteiger partial charge >= 0.3 is 0 Å². The minimum absolute atomic E-state index is 0.211. The van der Waals surface area contributed by atoms with Crippen molar-refractivity contribution >= 4 is 39.9 Å². The maximum Gasteiger partial charge on any atom is 0.161 e. The predicted molar refractivity (Wildman–Crippen MR) is 114 cm³/mol. The van der Waals surface area contributed by atoms with Crippen LogP contribution < -0.4 is 10.2 Å². The Balaban J connectivity index is 1.41. The number of anilines is 2. The van der Waals surface area contributed by atoms with E-state index in [1.54, 1.807) is 11.8 Å². The van der Waals surface area contributed by atoms with E-state index in [2.05, 4.69) is 46.4 Å². The quantitative estimate of drug-likeness (QED) is 0.849. The number of aliphatic imine (C=N–C) groups is 1. The van der Waals surface area contributed by atoms with Crippen LogP contribution in [0.3, 0.4) is 0 Å². The number of hydrogen-bond acceptors (Lipinski definition) is 5. The average Bonchev–Trinajstić information content (AvgIpc) is 3.11. The fraction of sp³-hybridized carbons (Fsp3) is 0.350. The summed E-state index contributed by atoms with van der Waals surface area (Å²) in [7, 11) is 2.19. The monoisotopic (exact) mass is 386 g/mol. The van der Waals surface area contributed by atoms with Gasteiger partial charge in [-0.05, 0) is 42.9 Å². The van der Waals surface area contributed by atoms with Crippen LogP contribution in [0.5, 0.6) is 0 Å². The number of rotatable bonds is 3. The van der Waals surface area contributed by atoms with Crippen LogP contribution in [0.1, 0.15) is 11.6 Å². The summed E-state index contributed by atoms with van der Waals surface area (Å²) in [5.74, 6) is 0.969. The molecule has 4 rings (SSSR count). The van der Waals surface area contributed by atoms with Crippen molar-refractivity contribution in [2.75, 3.05) is 49.2 Å². The Labute approximate surface area is 164 Å². The largest absolute Gasteiger partial charge is 0.369 e. The van der Waals surface area contributed by atoms with Gasteiger partial charge in [-0.1, -0.05) is 41.6 Å². The Morgan fingerprint density at radius 2 is 1.85 bits per heavy atom. The van der Waals surface area contributed by atoms with E-state index >= 15 is 0 Å². The summed E-state index contributed by atoms with van der Waals surface area (Å²) in [6, 6.07) is 16.9. The van der Waals surface area contributed by atoms with Gasteiger partial charge in [0.2, 0.25) is 0 Å². The third-order valence-electron chi connectivity index (χ3n) is 4.87. The van der Waals surface area contributed by atoms with E-state index in [-0.39, 0.29) is 6.04 Å². The predicted octanol–water partition coefficient (Wildman–Crippen LogP) is 4.35. The molecule has 26 heavy (non-hydrogen) atoms. The number of nitrogens with one attached hydrogen (secondary N) is 1. The van der Waals surface area contributed by atoms with Gasteiger partial charge in [-0.3, -0.25) is 4.99 Å². The van der Waals surface area contributed by atoms with E-state index in [4.69, 9.17) is 16.6 Å². The molecular formula is C20H23ClN4S. The molecule has 0 aliphatic carbocycles. The molecule has 2 aliphatic rings. The highest BCUT2D eigenvalue weighted by molar-refractivity contribution is 8.14. The van der Waals surface area contributed by atoms with Crippen LogP contribution in [0.2, 0.25) is 5.02 Å². The number of benzene rings is 2. The highest BCUT2D eigenvalue weighted by Gasteiger charge is 2.21. The summed E-state index contributed by atoms with van der Waals surface area (Å²) in [5, 5.41) is 5.05. The van der Waals surface area contributed by atoms with Gasteiger partial charge in [0, 0.05) is 48.3 Å². The van der Waals surface area contributed by atoms with E-state index in [1.165, 1.54) is 11.3 Å². The van der Waals surface area contributed by atoms with E-state index in [0.717, 1.165) is 47.8 Å². The molecule has 1 saturated heterocycles. The van der Waals surface area contributed by atoms with Gasteiger partial charge in [0.25, 0.3) is 0 Å². The van der Waals surface area contributed by atoms with Crippen LogP contribution in [0.25, 0.3) is 0 Å². The zero-order valence-electron chi connectivity index (χ0n) is 14.9. The molecule has 136 valence electrons. The van der Waals surface area contributed by atoms with Gasteiger partial charge in [-0.2, -0.15) is 0 Å². The van der Waals surface area contributed by atoms with Gasteiger partial charge in [0.1, 0.15) is 0 Å². The van der Waals surface area contributed by atoms with Crippen LogP contribution in [-0.4, -0.2) is 49.0 Å². The van der Waals surface area contributed by atoms with Crippen molar-refractivity contribution in [2.45, 2.75) is 6.04 Å². The topological polar surface area (TPSA) is 30.9 Å². The van der Waals surface area contributed by atoms with Crippen molar-refractivity contribution in [2.24, 2.45) is 4.99 Å². The molecule has 1 unspecified atom stereocenters. The van der Waals surface area contributed by atoms with Crippen LogP contribution in [-0.2, 0) is 0 Å². The van der Waals surface area contributed by atoms with Crippen LogP contribution in [0.15, 0.2) is 53.5 Å². The highest BCUT2D eigenvalue weighted by Crippen LogP contribution is 2.32. The molecule has 6 heteroatoms. The average molecular weight is 387 g/mol. The Morgan fingerprint density at radius 3 is 2.58 bits per heavy atom. The zero-order chi connectivity index (χ0) is 17.9. The second kappa shape index (κ2) is 7.91. The Hall–Kier alpha value is -1.69. The van der Waals surface area contributed by atoms with Gasteiger partial charge in [0.15, 0.2) is 5.17 Å². The van der Waals surface area contributed by atoms with Crippen LogP contribution in [0.4, 0.5) is 11.4 Å². The number of hydrogen-bond donors (Lipinski definition) is 1. The van der Waals surface area contributed by atoms with Crippen LogP contribution in [0, 0.1) is 0 Å². The molecule has 0 aromatic heterocycles. The molecule has 2 aliphatic heterocycles. The molecule has 0 spiro atoms. The number of piperazine rings is 1. The number of amidine groups is 1. The highest BCUT2D eigenvalue weighted by atomic mass is 35.5.